The second-order valence-electron chi connectivity index (χ2n) is 5.44. The van der Waals surface area contributed by atoms with Gasteiger partial charge in [-0.05, 0) is 31.4 Å². The lowest BCUT2D eigenvalue weighted by atomic mass is 10.1. The van der Waals surface area contributed by atoms with Crippen molar-refractivity contribution >= 4 is 11.8 Å². The van der Waals surface area contributed by atoms with E-state index in [0.717, 1.165) is 25.9 Å². The predicted molar refractivity (Wildman–Crippen MR) is 81.8 cm³/mol. The second-order valence-corrected chi connectivity index (χ2v) is 5.44. The molecule has 1 aliphatic heterocycles. The Hall–Kier alpha value is -1.88. The zero-order valence-corrected chi connectivity index (χ0v) is 12.3. The van der Waals surface area contributed by atoms with Crippen molar-refractivity contribution in [2.45, 2.75) is 31.7 Å². The van der Waals surface area contributed by atoms with E-state index in [2.05, 4.69) is 5.32 Å². The number of likely N-dealkylation sites (tertiary alicyclic amines) is 1. The highest BCUT2D eigenvalue weighted by atomic mass is 16.2. The minimum Gasteiger partial charge on any atom is -0.352 e. The zero-order valence-electron chi connectivity index (χ0n) is 12.3. The standard InChI is InChI=1S/C16H23N3O2/c17-14-8-11-19(12-9-14)15(20)7-4-10-18-16(21)13-5-2-1-3-6-13/h1-3,5-6,14H,4,7-12,17H2,(H,18,21). The second kappa shape index (κ2) is 7.78. The van der Waals surface area contributed by atoms with Crippen LogP contribution in [0.3, 0.4) is 0 Å². The maximum Gasteiger partial charge on any atom is 0.251 e. The molecule has 1 fully saturated rings. The lowest BCUT2D eigenvalue weighted by molar-refractivity contribution is -0.132. The Labute approximate surface area is 125 Å². The van der Waals surface area contributed by atoms with Crippen LogP contribution < -0.4 is 11.1 Å². The highest BCUT2D eigenvalue weighted by Crippen LogP contribution is 2.10. The highest BCUT2D eigenvalue weighted by molar-refractivity contribution is 5.94. The topological polar surface area (TPSA) is 75.4 Å². The van der Waals surface area contributed by atoms with Gasteiger partial charge in [-0.3, -0.25) is 9.59 Å². The molecule has 0 bridgehead atoms. The van der Waals surface area contributed by atoms with Crippen LogP contribution in [-0.4, -0.2) is 42.4 Å². The van der Waals surface area contributed by atoms with E-state index in [1.807, 2.05) is 23.1 Å². The first kappa shape index (κ1) is 15.5. The minimum absolute atomic E-state index is 0.0907. The van der Waals surface area contributed by atoms with E-state index in [9.17, 15) is 9.59 Å². The van der Waals surface area contributed by atoms with Crippen molar-refractivity contribution in [1.29, 1.82) is 0 Å². The molecule has 1 aromatic rings. The van der Waals surface area contributed by atoms with Crippen molar-refractivity contribution in [2.24, 2.45) is 5.73 Å². The van der Waals surface area contributed by atoms with Gasteiger partial charge >= 0.3 is 0 Å². The SMILES string of the molecule is NC1CCN(C(=O)CCCNC(=O)c2ccccc2)CC1. The molecule has 5 nitrogen and oxygen atoms in total. The number of nitrogens with two attached hydrogens (primary N) is 1. The molecule has 0 atom stereocenters. The summed E-state index contributed by atoms with van der Waals surface area (Å²) in [5, 5.41) is 2.83. The molecule has 1 aromatic carbocycles. The number of piperidine rings is 1. The van der Waals surface area contributed by atoms with Crippen LogP contribution >= 0.6 is 0 Å². The van der Waals surface area contributed by atoms with E-state index in [0.29, 0.717) is 24.9 Å². The molecule has 21 heavy (non-hydrogen) atoms. The summed E-state index contributed by atoms with van der Waals surface area (Å²) >= 11 is 0. The smallest absolute Gasteiger partial charge is 0.251 e. The fourth-order valence-corrected chi connectivity index (χ4v) is 2.44. The van der Waals surface area contributed by atoms with Gasteiger partial charge in [0.05, 0.1) is 0 Å². The van der Waals surface area contributed by atoms with Crippen LogP contribution in [0.4, 0.5) is 0 Å². The van der Waals surface area contributed by atoms with Gasteiger partial charge in [-0.2, -0.15) is 0 Å². The average molecular weight is 289 g/mol. The summed E-state index contributed by atoms with van der Waals surface area (Å²) in [6.07, 6.45) is 2.91. The van der Waals surface area contributed by atoms with E-state index in [1.54, 1.807) is 12.1 Å². The molecule has 2 rings (SSSR count). The quantitative estimate of drug-likeness (QED) is 0.798. The van der Waals surface area contributed by atoms with E-state index in [1.165, 1.54) is 0 Å². The molecular weight excluding hydrogens is 266 g/mol. The molecule has 2 amide bonds. The lowest BCUT2D eigenvalue weighted by Gasteiger charge is -2.30. The van der Waals surface area contributed by atoms with Crippen LogP contribution in [-0.2, 0) is 4.79 Å². The fraction of sp³-hybridized carbons (Fsp3) is 0.500. The number of nitrogens with one attached hydrogen (secondary N) is 1. The molecule has 5 heteroatoms. The third-order valence-electron chi connectivity index (χ3n) is 3.78. The Kier molecular flexibility index (Phi) is 5.75. The molecule has 1 aliphatic rings. The molecule has 0 aromatic heterocycles. The summed E-state index contributed by atoms with van der Waals surface area (Å²) in [6, 6.07) is 9.33. The van der Waals surface area contributed by atoms with Crippen molar-refractivity contribution in [1.82, 2.24) is 10.2 Å². The van der Waals surface area contributed by atoms with Crippen LogP contribution in [0, 0.1) is 0 Å². The molecule has 0 spiro atoms. The monoisotopic (exact) mass is 289 g/mol. The number of amides is 2. The summed E-state index contributed by atoms with van der Waals surface area (Å²) in [6.45, 7) is 2.04. The Morgan fingerprint density at radius 3 is 2.52 bits per heavy atom. The number of benzene rings is 1. The van der Waals surface area contributed by atoms with Crippen molar-refractivity contribution < 1.29 is 9.59 Å². The molecule has 0 radical (unpaired) electrons. The number of rotatable bonds is 5. The third kappa shape index (κ3) is 4.86. The fourth-order valence-electron chi connectivity index (χ4n) is 2.44. The third-order valence-corrected chi connectivity index (χ3v) is 3.78. The van der Waals surface area contributed by atoms with Gasteiger partial charge in [-0.1, -0.05) is 18.2 Å². The van der Waals surface area contributed by atoms with Gasteiger partial charge in [0.2, 0.25) is 5.91 Å². The van der Waals surface area contributed by atoms with Gasteiger partial charge in [-0.15, -0.1) is 0 Å². The van der Waals surface area contributed by atoms with Gasteiger partial charge in [-0.25, -0.2) is 0 Å². The summed E-state index contributed by atoms with van der Waals surface area (Å²) < 4.78 is 0. The van der Waals surface area contributed by atoms with Crippen molar-refractivity contribution in [3.05, 3.63) is 35.9 Å². The first-order valence-corrected chi connectivity index (χ1v) is 7.53. The Morgan fingerprint density at radius 1 is 1.19 bits per heavy atom. The average Bonchev–Trinajstić information content (AvgIpc) is 2.52. The molecule has 1 saturated heterocycles. The van der Waals surface area contributed by atoms with Gasteiger partial charge in [0, 0.05) is 37.7 Å². The predicted octanol–water partition coefficient (Wildman–Crippen LogP) is 1.15. The van der Waals surface area contributed by atoms with Crippen molar-refractivity contribution in [2.75, 3.05) is 19.6 Å². The number of nitrogens with zero attached hydrogens (tertiary/aromatic N) is 1. The molecule has 0 aliphatic carbocycles. The maximum absolute atomic E-state index is 12.0. The Bertz CT molecular complexity index is 468. The molecule has 0 saturated carbocycles. The summed E-state index contributed by atoms with van der Waals surface area (Å²) in [5.74, 6) is 0.0721. The van der Waals surface area contributed by atoms with E-state index in [4.69, 9.17) is 5.73 Å². The van der Waals surface area contributed by atoms with Crippen LogP contribution in [0.5, 0.6) is 0 Å². The summed E-state index contributed by atoms with van der Waals surface area (Å²) in [4.78, 5) is 25.7. The van der Waals surface area contributed by atoms with Crippen molar-refractivity contribution in [3.63, 3.8) is 0 Å². The lowest BCUT2D eigenvalue weighted by Crippen LogP contribution is -2.43. The van der Waals surface area contributed by atoms with Gasteiger partial charge < -0.3 is 16.0 Å². The maximum atomic E-state index is 12.0. The number of hydrogen-bond donors (Lipinski definition) is 2. The van der Waals surface area contributed by atoms with Crippen LogP contribution in [0.15, 0.2) is 30.3 Å². The molecular formula is C16H23N3O2. The molecule has 0 unspecified atom stereocenters. The van der Waals surface area contributed by atoms with Gasteiger partial charge in [0.25, 0.3) is 5.91 Å². The van der Waals surface area contributed by atoms with E-state index in [-0.39, 0.29) is 17.9 Å². The van der Waals surface area contributed by atoms with Crippen LogP contribution in [0.2, 0.25) is 0 Å². The van der Waals surface area contributed by atoms with Gasteiger partial charge in [0.1, 0.15) is 0 Å². The Morgan fingerprint density at radius 2 is 1.86 bits per heavy atom. The number of carbonyl (C=O) groups excluding carboxylic acids is 2. The number of hydrogen-bond acceptors (Lipinski definition) is 3. The normalized spacial score (nSPS) is 15.8. The van der Waals surface area contributed by atoms with Crippen LogP contribution in [0.25, 0.3) is 0 Å². The molecule has 114 valence electrons. The van der Waals surface area contributed by atoms with Crippen LogP contribution in [0.1, 0.15) is 36.0 Å². The first-order chi connectivity index (χ1) is 10.2. The Balaban J connectivity index is 1.63. The van der Waals surface area contributed by atoms with E-state index < -0.39 is 0 Å². The molecule has 1 heterocycles. The number of carbonyl (C=O) groups is 2. The molecule has 3 N–H and O–H groups in total. The minimum atomic E-state index is -0.0907. The first-order valence-electron chi connectivity index (χ1n) is 7.53. The zero-order chi connectivity index (χ0) is 15.1. The largest absolute Gasteiger partial charge is 0.352 e. The highest BCUT2D eigenvalue weighted by Gasteiger charge is 2.19. The summed E-state index contributed by atoms with van der Waals surface area (Å²) in [7, 11) is 0. The van der Waals surface area contributed by atoms with Gasteiger partial charge in [0.15, 0.2) is 0 Å². The van der Waals surface area contributed by atoms with E-state index >= 15 is 0 Å². The summed E-state index contributed by atoms with van der Waals surface area (Å²) in [5.41, 5.74) is 6.47. The van der Waals surface area contributed by atoms with Crippen molar-refractivity contribution in [3.8, 4) is 0 Å².